The van der Waals surface area contributed by atoms with E-state index in [0.29, 0.717) is 18.5 Å². The van der Waals surface area contributed by atoms with Crippen LogP contribution in [0.1, 0.15) is 22.5 Å². The highest BCUT2D eigenvalue weighted by Crippen LogP contribution is 2.13. The molecule has 0 amide bonds. The van der Waals surface area contributed by atoms with Crippen LogP contribution in [0.3, 0.4) is 0 Å². The summed E-state index contributed by atoms with van der Waals surface area (Å²) in [6, 6.07) is 3.09. The zero-order valence-electron chi connectivity index (χ0n) is 8.75. The van der Waals surface area contributed by atoms with Crippen LogP contribution in [0.15, 0.2) is 23.3 Å². The molecule has 1 aromatic rings. The second-order valence-electron chi connectivity index (χ2n) is 3.02. The van der Waals surface area contributed by atoms with Crippen molar-refractivity contribution in [2.45, 2.75) is 6.42 Å². The first kappa shape index (κ1) is 13.0. The smallest absolute Gasteiger partial charge is 0.355 e. The molecule has 88 valence electrons. The molecule has 1 heterocycles. The van der Waals surface area contributed by atoms with E-state index in [1.807, 2.05) is 0 Å². The fourth-order valence-corrected chi connectivity index (χ4v) is 1.29. The van der Waals surface area contributed by atoms with Crippen LogP contribution in [0.5, 0.6) is 0 Å². The average Bonchev–Trinajstić information content (AvgIpc) is 2.30. The van der Waals surface area contributed by atoms with Gasteiger partial charge >= 0.3 is 5.97 Å². The lowest BCUT2D eigenvalue weighted by Gasteiger charge is -2.00. The van der Waals surface area contributed by atoms with Gasteiger partial charge in [0.25, 0.3) is 0 Å². The number of carbonyl (C=O) groups is 1. The van der Waals surface area contributed by atoms with Gasteiger partial charge in [-0.1, -0.05) is 28.9 Å². The number of hydrogen-bond acceptors (Lipinski definition) is 3. The molecule has 17 heavy (non-hydrogen) atoms. The van der Waals surface area contributed by atoms with Crippen LogP contribution >= 0.6 is 11.6 Å². The Morgan fingerprint density at radius 1 is 1.65 bits per heavy atom. The Labute approximate surface area is 102 Å². The molecule has 0 atom stereocenters. The van der Waals surface area contributed by atoms with E-state index in [1.165, 1.54) is 6.07 Å². The first-order chi connectivity index (χ1) is 8.15. The van der Waals surface area contributed by atoms with E-state index in [0.717, 1.165) is 0 Å². The molecular weight excluding hydrogens is 244 g/mol. The lowest BCUT2D eigenvalue weighted by Crippen LogP contribution is -2.03. The molecule has 0 aliphatic carbocycles. The van der Waals surface area contributed by atoms with Crippen molar-refractivity contribution in [3.8, 4) is 0 Å². The maximum absolute atomic E-state index is 10.9. The summed E-state index contributed by atoms with van der Waals surface area (Å²) in [5.41, 5.74) is 8.42. The van der Waals surface area contributed by atoms with E-state index in [9.17, 15) is 4.79 Å². The Kier molecular flexibility index (Phi) is 5.00. The highest BCUT2D eigenvalue weighted by Gasteiger charge is 2.10. The minimum absolute atomic E-state index is 0.0995. The Hall–Kier alpha value is -2.04. The molecule has 0 saturated heterocycles. The second kappa shape index (κ2) is 6.52. The summed E-state index contributed by atoms with van der Waals surface area (Å²) in [5.74, 6) is -1.14. The molecule has 7 heteroatoms. The van der Waals surface area contributed by atoms with Gasteiger partial charge in [0.05, 0.1) is 0 Å². The third kappa shape index (κ3) is 4.14. The van der Waals surface area contributed by atoms with Gasteiger partial charge in [0, 0.05) is 17.0 Å². The zero-order chi connectivity index (χ0) is 12.7. The van der Waals surface area contributed by atoms with Crippen molar-refractivity contribution < 1.29 is 9.90 Å². The minimum atomic E-state index is -1.14. The standard InChI is InChI=1S/C10H9ClN4O2/c11-8-5-4-7(9(14-8)10(16)17)3-1-2-6-13-15-12/h1,3-5H,2,6H2,(H,16,17). The Balaban J connectivity index is 2.83. The number of carboxylic acids is 1. The van der Waals surface area contributed by atoms with Crippen molar-refractivity contribution in [1.29, 1.82) is 0 Å². The van der Waals surface area contributed by atoms with Gasteiger partial charge in [-0.15, -0.1) is 0 Å². The third-order valence-electron chi connectivity index (χ3n) is 1.85. The Morgan fingerprint density at radius 2 is 2.41 bits per heavy atom. The molecule has 1 rings (SSSR count). The summed E-state index contributed by atoms with van der Waals surface area (Å²) in [6.45, 7) is 0.330. The van der Waals surface area contributed by atoms with Crippen molar-refractivity contribution in [2.24, 2.45) is 5.11 Å². The van der Waals surface area contributed by atoms with Crippen molar-refractivity contribution in [1.82, 2.24) is 4.98 Å². The molecule has 0 saturated carbocycles. The van der Waals surface area contributed by atoms with Gasteiger partial charge < -0.3 is 5.11 Å². The topological polar surface area (TPSA) is 99.0 Å². The molecule has 0 aliphatic heterocycles. The molecule has 0 spiro atoms. The van der Waals surface area contributed by atoms with E-state index in [4.69, 9.17) is 22.2 Å². The van der Waals surface area contributed by atoms with Crippen LogP contribution in [-0.2, 0) is 0 Å². The van der Waals surface area contributed by atoms with Crippen molar-refractivity contribution in [2.75, 3.05) is 6.54 Å². The van der Waals surface area contributed by atoms with Gasteiger partial charge in [0.1, 0.15) is 5.15 Å². The number of carboxylic acid groups (broad SMARTS) is 1. The fourth-order valence-electron chi connectivity index (χ4n) is 1.14. The maximum atomic E-state index is 10.9. The normalized spacial score (nSPS) is 10.2. The van der Waals surface area contributed by atoms with Crippen molar-refractivity contribution in [3.63, 3.8) is 0 Å². The number of halogens is 1. The van der Waals surface area contributed by atoms with Crippen molar-refractivity contribution >= 4 is 23.6 Å². The lowest BCUT2D eigenvalue weighted by atomic mass is 10.1. The zero-order valence-corrected chi connectivity index (χ0v) is 9.50. The van der Waals surface area contributed by atoms with E-state index in [-0.39, 0.29) is 10.8 Å². The molecule has 0 aliphatic rings. The quantitative estimate of drug-likeness (QED) is 0.286. The van der Waals surface area contributed by atoms with E-state index in [1.54, 1.807) is 18.2 Å². The molecular formula is C10H9ClN4O2. The van der Waals surface area contributed by atoms with Crippen LogP contribution in [0, 0.1) is 0 Å². The predicted molar refractivity (Wildman–Crippen MR) is 63.9 cm³/mol. The van der Waals surface area contributed by atoms with Gasteiger partial charge in [-0.05, 0) is 24.1 Å². The molecule has 0 radical (unpaired) electrons. The van der Waals surface area contributed by atoms with Crippen LogP contribution in [0.25, 0.3) is 16.5 Å². The van der Waals surface area contributed by atoms with Gasteiger partial charge in [-0.3, -0.25) is 0 Å². The monoisotopic (exact) mass is 252 g/mol. The molecule has 0 bridgehead atoms. The maximum Gasteiger partial charge on any atom is 0.355 e. The van der Waals surface area contributed by atoms with Gasteiger partial charge in [0.2, 0.25) is 0 Å². The first-order valence-electron chi connectivity index (χ1n) is 4.72. The molecule has 0 fully saturated rings. The number of hydrogen-bond donors (Lipinski definition) is 1. The van der Waals surface area contributed by atoms with Gasteiger partial charge in [-0.2, -0.15) is 0 Å². The summed E-state index contributed by atoms with van der Waals surface area (Å²) >= 11 is 5.61. The number of aromatic nitrogens is 1. The van der Waals surface area contributed by atoms with Crippen LogP contribution in [-0.4, -0.2) is 22.6 Å². The van der Waals surface area contributed by atoms with E-state index < -0.39 is 5.97 Å². The molecule has 1 N–H and O–H groups in total. The molecule has 6 nitrogen and oxygen atoms in total. The molecule has 0 unspecified atom stereocenters. The average molecular weight is 253 g/mol. The van der Waals surface area contributed by atoms with Crippen LogP contribution in [0.4, 0.5) is 0 Å². The number of aromatic carboxylic acids is 1. The number of azide groups is 1. The summed E-state index contributed by atoms with van der Waals surface area (Å²) in [4.78, 5) is 17.2. The number of nitrogens with zero attached hydrogens (tertiary/aromatic N) is 4. The van der Waals surface area contributed by atoms with Gasteiger partial charge in [-0.25, -0.2) is 9.78 Å². The highest BCUT2D eigenvalue weighted by atomic mass is 35.5. The largest absolute Gasteiger partial charge is 0.476 e. The number of rotatable bonds is 5. The highest BCUT2D eigenvalue weighted by molar-refractivity contribution is 6.29. The first-order valence-corrected chi connectivity index (χ1v) is 5.10. The summed E-state index contributed by atoms with van der Waals surface area (Å²) in [6.07, 6.45) is 3.86. The molecule has 1 aromatic heterocycles. The summed E-state index contributed by atoms with van der Waals surface area (Å²) < 4.78 is 0. The minimum Gasteiger partial charge on any atom is -0.476 e. The fraction of sp³-hybridized carbons (Fsp3) is 0.200. The third-order valence-corrected chi connectivity index (χ3v) is 2.06. The lowest BCUT2D eigenvalue weighted by molar-refractivity contribution is 0.0690. The van der Waals surface area contributed by atoms with E-state index in [2.05, 4.69) is 15.0 Å². The SMILES string of the molecule is [N-]=[N+]=NCCC=Cc1ccc(Cl)nc1C(=O)O. The van der Waals surface area contributed by atoms with Crippen LogP contribution in [0.2, 0.25) is 5.15 Å². The summed E-state index contributed by atoms with van der Waals surface area (Å²) in [5, 5.41) is 12.4. The molecule has 0 aromatic carbocycles. The predicted octanol–water partition coefficient (Wildman–Crippen LogP) is 3.15. The Bertz CT molecular complexity index is 495. The number of pyridine rings is 1. The Morgan fingerprint density at radius 3 is 3.06 bits per heavy atom. The second-order valence-corrected chi connectivity index (χ2v) is 3.41. The van der Waals surface area contributed by atoms with Crippen LogP contribution < -0.4 is 0 Å². The van der Waals surface area contributed by atoms with E-state index >= 15 is 0 Å². The van der Waals surface area contributed by atoms with Crippen molar-refractivity contribution in [3.05, 3.63) is 45.1 Å². The summed E-state index contributed by atoms with van der Waals surface area (Å²) in [7, 11) is 0. The van der Waals surface area contributed by atoms with Gasteiger partial charge in [0.15, 0.2) is 5.69 Å².